The molecule has 8 heteroatoms. The first kappa shape index (κ1) is 15.5. The third-order valence-electron chi connectivity index (χ3n) is 2.90. The number of rotatable bonds is 5. The van der Waals surface area contributed by atoms with E-state index in [1.165, 1.54) is 13.8 Å². The lowest BCUT2D eigenvalue weighted by atomic mass is 10.0. The van der Waals surface area contributed by atoms with Gasteiger partial charge in [-0.25, -0.2) is 4.39 Å². The first-order valence-corrected chi connectivity index (χ1v) is 5.71. The summed E-state index contributed by atoms with van der Waals surface area (Å²) < 4.78 is 13.1. The minimum absolute atomic E-state index is 0.445. The quantitative estimate of drug-likeness (QED) is 0.630. The van der Waals surface area contributed by atoms with E-state index in [4.69, 9.17) is 5.11 Å². The zero-order valence-corrected chi connectivity index (χ0v) is 10.8. The fourth-order valence-corrected chi connectivity index (χ4v) is 1.47. The van der Waals surface area contributed by atoms with E-state index in [0.717, 1.165) is 18.2 Å². The van der Waals surface area contributed by atoms with Crippen LogP contribution in [-0.4, -0.2) is 27.9 Å². The molecule has 1 aromatic carbocycles. The largest absolute Gasteiger partial charge is 0.481 e. The fourth-order valence-electron chi connectivity index (χ4n) is 1.47. The van der Waals surface area contributed by atoms with Crippen LogP contribution in [0.1, 0.15) is 24.2 Å². The molecule has 0 aliphatic heterocycles. The number of carboxylic acid groups (broad SMARTS) is 1. The van der Waals surface area contributed by atoms with Gasteiger partial charge in [0.2, 0.25) is 0 Å². The summed E-state index contributed by atoms with van der Waals surface area (Å²) in [7, 11) is 0. The van der Waals surface area contributed by atoms with Crippen molar-refractivity contribution in [3.05, 3.63) is 39.7 Å². The average molecular weight is 284 g/mol. The second-order valence-corrected chi connectivity index (χ2v) is 4.31. The molecule has 2 atom stereocenters. The Morgan fingerprint density at radius 2 is 2.00 bits per heavy atom. The number of nitro benzene ring substituents is 1. The van der Waals surface area contributed by atoms with E-state index in [1.54, 1.807) is 0 Å². The van der Waals surface area contributed by atoms with Crippen LogP contribution in [0.3, 0.4) is 0 Å². The summed E-state index contributed by atoms with van der Waals surface area (Å²) in [6.07, 6.45) is 0. The van der Waals surface area contributed by atoms with Gasteiger partial charge in [-0.1, -0.05) is 0 Å². The Hall–Kier alpha value is -2.51. The van der Waals surface area contributed by atoms with Crippen molar-refractivity contribution in [3.63, 3.8) is 0 Å². The molecule has 0 heterocycles. The number of nitrogens with zero attached hydrogens (tertiary/aromatic N) is 1. The molecule has 0 saturated carbocycles. The van der Waals surface area contributed by atoms with Crippen LogP contribution >= 0.6 is 0 Å². The van der Waals surface area contributed by atoms with Crippen LogP contribution in [-0.2, 0) is 4.79 Å². The van der Waals surface area contributed by atoms with Crippen LogP contribution in [0.5, 0.6) is 0 Å². The van der Waals surface area contributed by atoms with Gasteiger partial charge in [0.1, 0.15) is 11.4 Å². The highest BCUT2D eigenvalue weighted by Crippen LogP contribution is 2.19. The molecule has 0 aromatic heterocycles. The number of aliphatic carboxylic acids is 1. The van der Waals surface area contributed by atoms with E-state index in [9.17, 15) is 24.1 Å². The Kier molecular flexibility index (Phi) is 4.73. The Labute approximate surface area is 113 Å². The summed E-state index contributed by atoms with van der Waals surface area (Å²) in [4.78, 5) is 32.6. The van der Waals surface area contributed by atoms with Gasteiger partial charge >= 0.3 is 5.97 Å². The summed E-state index contributed by atoms with van der Waals surface area (Å²) >= 11 is 0. The second kappa shape index (κ2) is 6.09. The maximum absolute atomic E-state index is 13.1. The highest BCUT2D eigenvalue weighted by Gasteiger charge is 2.25. The molecule has 0 aliphatic carbocycles. The van der Waals surface area contributed by atoms with Gasteiger partial charge in [0.05, 0.1) is 10.8 Å². The average Bonchev–Trinajstić information content (AvgIpc) is 2.36. The molecule has 7 nitrogen and oxygen atoms in total. The number of hydrogen-bond donors (Lipinski definition) is 2. The Morgan fingerprint density at radius 1 is 1.40 bits per heavy atom. The molecule has 0 bridgehead atoms. The molecule has 1 rings (SSSR count). The molecule has 108 valence electrons. The van der Waals surface area contributed by atoms with Crippen LogP contribution in [0.4, 0.5) is 10.1 Å². The molecule has 0 fully saturated rings. The van der Waals surface area contributed by atoms with Crippen LogP contribution in [0.25, 0.3) is 0 Å². The lowest BCUT2D eigenvalue weighted by molar-refractivity contribution is -0.385. The monoisotopic (exact) mass is 284 g/mol. The summed E-state index contributed by atoms with van der Waals surface area (Å²) in [6, 6.07) is 1.74. The summed E-state index contributed by atoms with van der Waals surface area (Å²) in [5.41, 5.74) is -0.987. The predicted octanol–water partition coefficient (Wildman–Crippen LogP) is 1.57. The van der Waals surface area contributed by atoms with Gasteiger partial charge in [0.25, 0.3) is 11.6 Å². The summed E-state index contributed by atoms with van der Waals surface area (Å²) in [5.74, 6) is -3.69. The number of carboxylic acids is 1. The minimum atomic E-state index is -1.12. The SMILES string of the molecule is CC(NC(=O)c1cc(F)ccc1[N+](=O)[O-])C(C)C(=O)O. The van der Waals surface area contributed by atoms with Crippen LogP contribution in [0.15, 0.2) is 18.2 Å². The van der Waals surface area contributed by atoms with Gasteiger partial charge in [0, 0.05) is 12.1 Å². The predicted molar refractivity (Wildman–Crippen MR) is 66.8 cm³/mol. The van der Waals surface area contributed by atoms with Crippen LogP contribution in [0, 0.1) is 21.8 Å². The number of benzene rings is 1. The van der Waals surface area contributed by atoms with Crippen molar-refractivity contribution >= 4 is 17.6 Å². The molecule has 0 aliphatic rings. The number of carbonyl (C=O) groups is 2. The van der Waals surface area contributed by atoms with Crippen molar-refractivity contribution in [2.45, 2.75) is 19.9 Å². The zero-order valence-electron chi connectivity index (χ0n) is 10.8. The second-order valence-electron chi connectivity index (χ2n) is 4.31. The van der Waals surface area contributed by atoms with Gasteiger partial charge in [0.15, 0.2) is 0 Å². The van der Waals surface area contributed by atoms with Crippen molar-refractivity contribution in [3.8, 4) is 0 Å². The number of nitrogens with one attached hydrogen (secondary N) is 1. The Balaban J connectivity index is 3.00. The van der Waals surface area contributed by atoms with Crippen molar-refractivity contribution in [2.24, 2.45) is 5.92 Å². The summed E-state index contributed by atoms with van der Waals surface area (Å²) in [5, 5.41) is 21.9. The molecule has 0 saturated heterocycles. The number of carbonyl (C=O) groups excluding carboxylic acids is 1. The van der Waals surface area contributed by atoms with E-state index in [2.05, 4.69) is 5.32 Å². The Bertz CT molecular complexity index is 561. The number of halogens is 1. The number of hydrogen-bond acceptors (Lipinski definition) is 4. The number of amides is 1. The molecule has 20 heavy (non-hydrogen) atoms. The van der Waals surface area contributed by atoms with Crippen LogP contribution < -0.4 is 5.32 Å². The normalized spacial score (nSPS) is 13.3. The third kappa shape index (κ3) is 3.50. The van der Waals surface area contributed by atoms with Crippen molar-refractivity contribution in [2.75, 3.05) is 0 Å². The van der Waals surface area contributed by atoms with Crippen molar-refractivity contribution in [1.82, 2.24) is 5.32 Å². The summed E-state index contributed by atoms with van der Waals surface area (Å²) in [6.45, 7) is 2.83. The zero-order chi connectivity index (χ0) is 15.4. The lowest BCUT2D eigenvalue weighted by Gasteiger charge is -2.17. The maximum Gasteiger partial charge on any atom is 0.308 e. The van der Waals surface area contributed by atoms with Crippen molar-refractivity contribution in [1.29, 1.82) is 0 Å². The highest BCUT2D eigenvalue weighted by molar-refractivity contribution is 5.98. The maximum atomic E-state index is 13.1. The minimum Gasteiger partial charge on any atom is -0.481 e. The molecule has 1 amide bonds. The molecule has 0 radical (unpaired) electrons. The number of nitro groups is 1. The van der Waals surface area contributed by atoms with E-state index in [-0.39, 0.29) is 0 Å². The molecular weight excluding hydrogens is 271 g/mol. The third-order valence-corrected chi connectivity index (χ3v) is 2.90. The van der Waals surface area contributed by atoms with Gasteiger partial charge in [-0.05, 0) is 26.0 Å². The Morgan fingerprint density at radius 3 is 2.50 bits per heavy atom. The molecular formula is C12H13FN2O5. The van der Waals surface area contributed by atoms with E-state index >= 15 is 0 Å². The molecule has 0 spiro atoms. The van der Waals surface area contributed by atoms with Crippen molar-refractivity contribution < 1.29 is 24.0 Å². The first-order chi connectivity index (χ1) is 9.23. The van der Waals surface area contributed by atoms with Gasteiger partial charge in [-0.3, -0.25) is 19.7 Å². The standard InChI is InChI=1S/C12H13FN2O5/c1-6(12(17)18)7(2)14-11(16)9-5-8(13)3-4-10(9)15(19)20/h3-7H,1-2H3,(H,14,16)(H,17,18). The van der Waals surface area contributed by atoms with E-state index in [1.807, 2.05) is 0 Å². The smallest absolute Gasteiger partial charge is 0.308 e. The molecule has 2 N–H and O–H groups in total. The first-order valence-electron chi connectivity index (χ1n) is 5.71. The lowest BCUT2D eigenvalue weighted by Crippen LogP contribution is -2.40. The highest BCUT2D eigenvalue weighted by atomic mass is 19.1. The fraction of sp³-hybridized carbons (Fsp3) is 0.333. The molecule has 2 unspecified atom stereocenters. The van der Waals surface area contributed by atoms with E-state index < -0.39 is 45.8 Å². The van der Waals surface area contributed by atoms with Gasteiger partial charge < -0.3 is 10.4 Å². The molecule has 1 aromatic rings. The van der Waals surface area contributed by atoms with E-state index in [0.29, 0.717) is 0 Å². The van der Waals surface area contributed by atoms with Gasteiger partial charge in [-0.2, -0.15) is 0 Å². The van der Waals surface area contributed by atoms with Crippen LogP contribution in [0.2, 0.25) is 0 Å². The topological polar surface area (TPSA) is 110 Å². The van der Waals surface area contributed by atoms with Gasteiger partial charge in [-0.15, -0.1) is 0 Å².